The van der Waals surface area contributed by atoms with Crippen LogP contribution in [0.5, 0.6) is 0 Å². The Morgan fingerprint density at radius 1 is 0.905 bits per heavy atom. The lowest BCUT2D eigenvalue weighted by Crippen LogP contribution is -2.15. The highest BCUT2D eigenvalue weighted by atomic mass is 16.5. The fourth-order valence-corrected chi connectivity index (χ4v) is 1.90. The molecule has 2 N–H and O–H groups in total. The summed E-state index contributed by atoms with van der Waals surface area (Å²) < 4.78 is 5.57. The molecule has 0 aromatic carbocycles. The van der Waals surface area contributed by atoms with Gasteiger partial charge in [0.1, 0.15) is 17.5 Å². The van der Waals surface area contributed by atoms with Crippen LogP contribution in [0.1, 0.15) is 51.4 Å². The summed E-state index contributed by atoms with van der Waals surface area (Å²) in [5, 5.41) is 6.74. The van der Waals surface area contributed by atoms with Crippen molar-refractivity contribution in [1.29, 1.82) is 0 Å². The molecule has 0 bridgehead atoms. The highest BCUT2D eigenvalue weighted by molar-refractivity contribution is 5.57. The Morgan fingerprint density at radius 2 is 1.57 bits per heavy atom. The van der Waals surface area contributed by atoms with Gasteiger partial charge in [-0.2, -0.15) is 0 Å². The molecule has 0 saturated carbocycles. The first kappa shape index (κ1) is 17.7. The van der Waals surface area contributed by atoms with Crippen molar-refractivity contribution >= 4 is 11.6 Å². The fraction of sp³-hybridized carbons (Fsp3) is 0.750. The standard InChI is InChI=1S/C16H30N4O/c1-5-8-11-21-12-10-18-16-13(4)15(17-9-6-2)19-14(7-3)20-16/h5-12H2,1-4H3,(H2,17,18,19,20). The molecule has 21 heavy (non-hydrogen) atoms. The van der Waals surface area contributed by atoms with Gasteiger partial charge in [0, 0.05) is 31.7 Å². The van der Waals surface area contributed by atoms with Crippen LogP contribution in [0.4, 0.5) is 11.6 Å². The van der Waals surface area contributed by atoms with E-state index in [4.69, 9.17) is 4.74 Å². The molecule has 1 heterocycles. The van der Waals surface area contributed by atoms with Crippen molar-refractivity contribution in [3.8, 4) is 0 Å². The van der Waals surface area contributed by atoms with E-state index in [1.807, 2.05) is 0 Å². The number of nitrogens with zero attached hydrogens (tertiary/aromatic N) is 2. The molecule has 0 aliphatic rings. The second kappa shape index (κ2) is 10.4. The minimum absolute atomic E-state index is 0.711. The number of ether oxygens (including phenoxy) is 1. The molecule has 1 aromatic heterocycles. The molecular weight excluding hydrogens is 264 g/mol. The largest absolute Gasteiger partial charge is 0.380 e. The zero-order chi connectivity index (χ0) is 15.5. The number of anilines is 2. The summed E-state index contributed by atoms with van der Waals surface area (Å²) in [6.45, 7) is 11.7. The van der Waals surface area contributed by atoms with Crippen molar-refractivity contribution in [2.45, 2.75) is 53.4 Å². The maximum atomic E-state index is 5.57. The van der Waals surface area contributed by atoms with Gasteiger partial charge in [0.15, 0.2) is 0 Å². The van der Waals surface area contributed by atoms with E-state index in [-0.39, 0.29) is 0 Å². The van der Waals surface area contributed by atoms with Crippen LogP contribution in [-0.2, 0) is 11.2 Å². The van der Waals surface area contributed by atoms with Gasteiger partial charge in [-0.3, -0.25) is 0 Å². The Labute approximate surface area is 128 Å². The lowest BCUT2D eigenvalue weighted by atomic mass is 10.2. The molecule has 1 aromatic rings. The molecule has 5 nitrogen and oxygen atoms in total. The molecule has 0 radical (unpaired) electrons. The second-order valence-corrected chi connectivity index (χ2v) is 5.14. The molecule has 5 heteroatoms. The van der Waals surface area contributed by atoms with E-state index in [2.05, 4.69) is 48.3 Å². The van der Waals surface area contributed by atoms with Crippen molar-refractivity contribution in [3.05, 3.63) is 11.4 Å². The van der Waals surface area contributed by atoms with Crippen LogP contribution in [0.2, 0.25) is 0 Å². The van der Waals surface area contributed by atoms with Gasteiger partial charge >= 0.3 is 0 Å². The number of hydrogen-bond acceptors (Lipinski definition) is 5. The first-order chi connectivity index (χ1) is 10.2. The van der Waals surface area contributed by atoms with E-state index in [1.165, 1.54) is 6.42 Å². The molecule has 0 spiro atoms. The SMILES string of the molecule is CCCCOCCNc1nc(CC)nc(NCCC)c1C. The summed E-state index contributed by atoms with van der Waals surface area (Å²) in [6, 6.07) is 0. The van der Waals surface area contributed by atoms with Crippen molar-refractivity contribution in [3.63, 3.8) is 0 Å². The van der Waals surface area contributed by atoms with Gasteiger partial charge in [-0.25, -0.2) is 9.97 Å². The van der Waals surface area contributed by atoms with E-state index in [1.54, 1.807) is 0 Å². The third kappa shape index (κ3) is 6.29. The molecule has 0 fully saturated rings. The zero-order valence-corrected chi connectivity index (χ0v) is 14.0. The van der Waals surface area contributed by atoms with Crippen LogP contribution >= 0.6 is 0 Å². The number of hydrogen-bond donors (Lipinski definition) is 2. The highest BCUT2D eigenvalue weighted by Gasteiger charge is 2.09. The predicted octanol–water partition coefficient (Wildman–Crippen LogP) is 3.40. The third-order valence-electron chi connectivity index (χ3n) is 3.23. The summed E-state index contributed by atoms with van der Waals surface area (Å²) in [6.07, 6.45) is 4.21. The quantitative estimate of drug-likeness (QED) is 0.613. The van der Waals surface area contributed by atoms with Gasteiger partial charge in [0.25, 0.3) is 0 Å². The molecule has 1 rings (SSSR count). The lowest BCUT2D eigenvalue weighted by molar-refractivity contribution is 0.141. The van der Waals surface area contributed by atoms with Crippen molar-refractivity contribution in [1.82, 2.24) is 9.97 Å². The Bertz CT molecular complexity index is 410. The molecule has 0 aliphatic carbocycles. The van der Waals surface area contributed by atoms with E-state index < -0.39 is 0 Å². The van der Waals surface area contributed by atoms with Gasteiger partial charge in [-0.05, 0) is 19.8 Å². The van der Waals surface area contributed by atoms with E-state index >= 15 is 0 Å². The number of rotatable bonds is 11. The fourth-order valence-electron chi connectivity index (χ4n) is 1.90. The molecule has 120 valence electrons. The Hall–Kier alpha value is -1.36. The topological polar surface area (TPSA) is 59.1 Å². The Kier molecular flexibility index (Phi) is 8.74. The molecule has 0 amide bonds. The summed E-state index contributed by atoms with van der Waals surface area (Å²) in [4.78, 5) is 9.14. The van der Waals surface area contributed by atoms with Crippen LogP contribution in [0.25, 0.3) is 0 Å². The first-order valence-electron chi connectivity index (χ1n) is 8.15. The van der Waals surface area contributed by atoms with Crippen molar-refractivity contribution in [2.75, 3.05) is 36.9 Å². The summed E-state index contributed by atoms with van der Waals surface area (Å²) >= 11 is 0. The number of nitrogens with one attached hydrogen (secondary N) is 2. The monoisotopic (exact) mass is 294 g/mol. The summed E-state index contributed by atoms with van der Waals surface area (Å²) in [5.41, 5.74) is 1.08. The maximum absolute atomic E-state index is 5.57. The van der Waals surface area contributed by atoms with Gasteiger partial charge < -0.3 is 15.4 Å². The van der Waals surface area contributed by atoms with Crippen LogP contribution < -0.4 is 10.6 Å². The minimum Gasteiger partial charge on any atom is -0.380 e. The molecule has 0 unspecified atom stereocenters. The van der Waals surface area contributed by atoms with Crippen LogP contribution in [0.3, 0.4) is 0 Å². The lowest BCUT2D eigenvalue weighted by Gasteiger charge is -2.14. The Morgan fingerprint density at radius 3 is 2.14 bits per heavy atom. The smallest absolute Gasteiger partial charge is 0.134 e. The maximum Gasteiger partial charge on any atom is 0.134 e. The van der Waals surface area contributed by atoms with Crippen LogP contribution in [0.15, 0.2) is 0 Å². The van der Waals surface area contributed by atoms with Gasteiger partial charge in [0.05, 0.1) is 6.61 Å². The predicted molar refractivity (Wildman–Crippen MR) is 89.1 cm³/mol. The van der Waals surface area contributed by atoms with Crippen molar-refractivity contribution in [2.24, 2.45) is 0 Å². The second-order valence-electron chi connectivity index (χ2n) is 5.14. The number of aromatic nitrogens is 2. The van der Waals surface area contributed by atoms with E-state index in [0.717, 1.165) is 62.0 Å². The summed E-state index contributed by atoms with van der Waals surface area (Å²) in [7, 11) is 0. The van der Waals surface area contributed by atoms with E-state index in [0.29, 0.717) is 6.61 Å². The average molecular weight is 294 g/mol. The van der Waals surface area contributed by atoms with Gasteiger partial charge in [-0.15, -0.1) is 0 Å². The van der Waals surface area contributed by atoms with Gasteiger partial charge in [0.2, 0.25) is 0 Å². The van der Waals surface area contributed by atoms with Gasteiger partial charge in [-0.1, -0.05) is 27.2 Å². The normalized spacial score (nSPS) is 10.7. The summed E-state index contributed by atoms with van der Waals surface area (Å²) in [5.74, 6) is 2.73. The van der Waals surface area contributed by atoms with E-state index in [9.17, 15) is 0 Å². The van der Waals surface area contributed by atoms with Crippen LogP contribution in [-0.4, -0.2) is 36.3 Å². The van der Waals surface area contributed by atoms with Crippen molar-refractivity contribution < 1.29 is 4.74 Å². The molecule has 0 saturated heterocycles. The minimum atomic E-state index is 0.711. The molecular formula is C16H30N4O. The Balaban J connectivity index is 2.58. The third-order valence-corrected chi connectivity index (χ3v) is 3.23. The first-order valence-corrected chi connectivity index (χ1v) is 8.15. The molecule has 0 aliphatic heterocycles. The van der Waals surface area contributed by atoms with Crippen LogP contribution in [0, 0.1) is 6.92 Å². The average Bonchev–Trinajstić information content (AvgIpc) is 2.50. The number of unbranched alkanes of at least 4 members (excludes halogenated alkanes) is 1. The number of aryl methyl sites for hydroxylation is 1. The highest BCUT2D eigenvalue weighted by Crippen LogP contribution is 2.20. The zero-order valence-electron chi connectivity index (χ0n) is 14.0. The molecule has 0 atom stereocenters.